The molecule has 0 bridgehead atoms. The summed E-state index contributed by atoms with van der Waals surface area (Å²) in [4.78, 5) is 56.6. The summed E-state index contributed by atoms with van der Waals surface area (Å²) in [6.45, 7) is 5.32. The highest BCUT2D eigenvalue weighted by molar-refractivity contribution is 7.91. The largest absolute Gasteiger partial charge is 0.448 e. The molecular formula is C34H37N3O9S2. The molecular weight excluding hydrogens is 659 g/mol. The van der Waals surface area contributed by atoms with Crippen LogP contribution >= 0.6 is 0 Å². The molecule has 0 radical (unpaired) electrons. The molecule has 12 nitrogen and oxygen atoms in total. The number of amides is 3. The first-order chi connectivity index (χ1) is 22.7. The van der Waals surface area contributed by atoms with Gasteiger partial charge in [-0.1, -0.05) is 60.7 Å². The number of esters is 1. The third kappa shape index (κ3) is 6.81. The molecule has 14 heteroatoms. The summed E-state index contributed by atoms with van der Waals surface area (Å²) in [7, 11) is -5.01. The van der Waals surface area contributed by atoms with Crippen molar-refractivity contribution in [2.75, 3.05) is 23.8 Å². The van der Waals surface area contributed by atoms with E-state index in [9.17, 15) is 31.8 Å². The van der Waals surface area contributed by atoms with Crippen LogP contribution in [0.25, 0.3) is 0 Å². The number of hydrogen-bond acceptors (Lipinski definition) is 9. The van der Waals surface area contributed by atoms with E-state index in [0.29, 0.717) is 29.7 Å². The average molecular weight is 696 g/mol. The van der Waals surface area contributed by atoms with Gasteiger partial charge >= 0.3 is 12.1 Å². The lowest BCUT2D eigenvalue weighted by atomic mass is 10.00. The molecule has 48 heavy (non-hydrogen) atoms. The zero-order valence-electron chi connectivity index (χ0n) is 26.8. The third-order valence-electron chi connectivity index (χ3n) is 8.61. The summed E-state index contributed by atoms with van der Waals surface area (Å²) in [6, 6.07) is 16.5. The van der Waals surface area contributed by atoms with Gasteiger partial charge in [-0.05, 0) is 56.4 Å². The van der Waals surface area contributed by atoms with Gasteiger partial charge in [0.15, 0.2) is 15.9 Å². The molecule has 0 saturated carbocycles. The van der Waals surface area contributed by atoms with Gasteiger partial charge in [0.1, 0.15) is 22.7 Å². The quantitative estimate of drug-likeness (QED) is 0.262. The van der Waals surface area contributed by atoms with E-state index >= 15 is 0 Å². The van der Waals surface area contributed by atoms with Crippen molar-refractivity contribution in [3.8, 4) is 0 Å². The van der Waals surface area contributed by atoms with Crippen LogP contribution in [0.15, 0.2) is 83.6 Å². The van der Waals surface area contributed by atoms with Crippen LogP contribution in [0.1, 0.15) is 50.8 Å². The number of nitrogens with one attached hydrogen (secondary N) is 1. The zero-order valence-corrected chi connectivity index (χ0v) is 28.4. The predicted octanol–water partition coefficient (Wildman–Crippen LogP) is 2.74. The molecule has 3 amide bonds. The third-order valence-corrected chi connectivity index (χ3v) is 12.0. The van der Waals surface area contributed by atoms with Crippen LogP contribution in [-0.2, 0) is 44.5 Å². The summed E-state index contributed by atoms with van der Waals surface area (Å²) in [5.74, 6) is -2.19. The van der Waals surface area contributed by atoms with E-state index in [1.807, 2.05) is 60.7 Å². The number of fused-ring (bicyclic) bond motifs is 1. The second kappa shape index (κ2) is 13.0. The van der Waals surface area contributed by atoms with Crippen molar-refractivity contribution in [1.82, 2.24) is 15.1 Å². The molecule has 4 aliphatic rings. The molecule has 4 atom stereocenters. The van der Waals surface area contributed by atoms with Crippen LogP contribution in [0.5, 0.6) is 0 Å². The van der Waals surface area contributed by atoms with E-state index in [-0.39, 0.29) is 40.9 Å². The van der Waals surface area contributed by atoms with E-state index in [0.717, 1.165) is 4.90 Å². The number of alkyl carbamates (subject to hydrolysis) is 1. The summed E-state index contributed by atoms with van der Waals surface area (Å²) < 4.78 is 49.3. The fourth-order valence-electron chi connectivity index (χ4n) is 6.43. The van der Waals surface area contributed by atoms with Crippen molar-refractivity contribution in [3.63, 3.8) is 0 Å². The van der Waals surface area contributed by atoms with E-state index in [1.54, 1.807) is 20.8 Å². The number of likely N-dealkylation sites (tertiary alicyclic amines) is 1. The maximum atomic E-state index is 14.2. The number of nitrogens with zero attached hydrogens (tertiary/aromatic N) is 2. The van der Waals surface area contributed by atoms with Gasteiger partial charge in [0, 0.05) is 18.2 Å². The molecule has 3 fully saturated rings. The van der Waals surface area contributed by atoms with Gasteiger partial charge in [0.2, 0.25) is 5.91 Å². The average Bonchev–Trinajstić information content (AvgIpc) is 3.58. The highest BCUT2D eigenvalue weighted by Crippen LogP contribution is 2.39. The summed E-state index contributed by atoms with van der Waals surface area (Å²) in [5, 5.41) is 1.43. The van der Waals surface area contributed by atoms with Gasteiger partial charge in [-0.2, -0.15) is 0 Å². The molecule has 0 aromatic heterocycles. The van der Waals surface area contributed by atoms with Crippen molar-refractivity contribution in [2.45, 2.75) is 62.8 Å². The first-order valence-corrected chi connectivity index (χ1v) is 18.9. The highest BCUT2D eigenvalue weighted by atomic mass is 32.2. The lowest BCUT2D eigenvalue weighted by Crippen LogP contribution is -2.73. The Kier molecular flexibility index (Phi) is 9.07. The molecule has 6 rings (SSSR count). The first-order valence-electron chi connectivity index (χ1n) is 15.7. The van der Waals surface area contributed by atoms with Gasteiger partial charge in [0.25, 0.3) is 5.91 Å². The number of carbonyl (C=O) groups excluding carboxylic acids is 4. The Hall–Kier alpha value is -4.30. The molecule has 254 valence electrons. The van der Waals surface area contributed by atoms with Crippen molar-refractivity contribution in [3.05, 3.63) is 94.7 Å². The maximum absolute atomic E-state index is 14.2. The van der Waals surface area contributed by atoms with Crippen LogP contribution in [-0.4, -0.2) is 93.2 Å². The van der Waals surface area contributed by atoms with E-state index in [2.05, 4.69) is 5.32 Å². The number of β-lactam (4-membered cyclic amide) rings is 1. The van der Waals surface area contributed by atoms with Gasteiger partial charge in [-0.15, -0.1) is 0 Å². The van der Waals surface area contributed by atoms with Crippen LogP contribution < -0.4 is 5.32 Å². The smallest absolute Gasteiger partial charge is 0.408 e. The summed E-state index contributed by atoms with van der Waals surface area (Å²) in [6.07, 6.45) is 0.398. The summed E-state index contributed by atoms with van der Waals surface area (Å²) >= 11 is 0. The van der Waals surface area contributed by atoms with Gasteiger partial charge in [-0.25, -0.2) is 18.0 Å². The monoisotopic (exact) mass is 695 g/mol. The Morgan fingerprint density at radius 1 is 1.02 bits per heavy atom. The minimum absolute atomic E-state index is 0.0154. The Bertz CT molecular complexity index is 1800. The molecule has 0 spiro atoms. The molecule has 4 aliphatic heterocycles. The first kappa shape index (κ1) is 33.6. The van der Waals surface area contributed by atoms with Crippen molar-refractivity contribution < 1.29 is 41.3 Å². The van der Waals surface area contributed by atoms with Crippen LogP contribution in [0.3, 0.4) is 0 Å². The number of rotatable bonds is 7. The van der Waals surface area contributed by atoms with Crippen molar-refractivity contribution >= 4 is 44.5 Å². The molecule has 2 aromatic rings. The van der Waals surface area contributed by atoms with Crippen LogP contribution in [0, 0.1) is 0 Å². The van der Waals surface area contributed by atoms with Gasteiger partial charge < -0.3 is 19.7 Å². The van der Waals surface area contributed by atoms with E-state index in [4.69, 9.17) is 9.47 Å². The summed E-state index contributed by atoms with van der Waals surface area (Å²) in [5.41, 5.74) is 0.856. The zero-order chi connectivity index (χ0) is 34.4. The van der Waals surface area contributed by atoms with Crippen molar-refractivity contribution in [2.24, 2.45) is 0 Å². The molecule has 1 unspecified atom stereocenters. The van der Waals surface area contributed by atoms with Crippen LogP contribution in [0.2, 0.25) is 0 Å². The molecule has 2 aromatic carbocycles. The normalized spacial score (nSPS) is 26.0. The van der Waals surface area contributed by atoms with Gasteiger partial charge in [0.05, 0.1) is 28.1 Å². The Balaban J connectivity index is 1.36. The lowest BCUT2D eigenvalue weighted by Gasteiger charge is -2.49. The Labute approximate surface area is 281 Å². The fourth-order valence-corrected chi connectivity index (χ4v) is 9.79. The van der Waals surface area contributed by atoms with E-state index in [1.165, 1.54) is 11.0 Å². The predicted molar refractivity (Wildman–Crippen MR) is 176 cm³/mol. The van der Waals surface area contributed by atoms with Crippen LogP contribution in [0.4, 0.5) is 4.79 Å². The second-order valence-electron chi connectivity index (χ2n) is 13.2. The number of ether oxygens (including phenoxy) is 2. The van der Waals surface area contributed by atoms with E-state index < -0.39 is 67.8 Å². The number of sulfone groups is 1. The minimum Gasteiger partial charge on any atom is -0.448 e. The lowest BCUT2D eigenvalue weighted by molar-refractivity contribution is -0.153. The molecule has 1 N–H and O–H groups in total. The second-order valence-corrected chi connectivity index (χ2v) is 17.0. The number of allylic oxidation sites excluding steroid dienone is 1. The molecule has 3 saturated heterocycles. The van der Waals surface area contributed by atoms with Crippen molar-refractivity contribution in [1.29, 1.82) is 0 Å². The highest BCUT2D eigenvalue weighted by Gasteiger charge is 2.58. The number of benzene rings is 2. The maximum Gasteiger partial charge on any atom is 0.408 e. The Morgan fingerprint density at radius 2 is 1.65 bits per heavy atom. The fraction of sp³-hybridized carbons (Fsp3) is 0.412. The molecule has 4 heterocycles. The Morgan fingerprint density at radius 3 is 2.21 bits per heavy atom. The minimum atomic E-state index is -3.23. The standard InChI is InChI=1S/C34H37N3O9S2/c1-34(2,3)46-33(41)35-26-30(39)37-27(32(40)45-28(21-10-6-4-7-11-21)22-12-8-5-9-13-22)24(19-47(42)31(26)37)18-23-14-16-36(29(23)38)25-15-17-48(43,44)20-25/h4-13,18,25-26,28,31H,14-17,19-20H2,1-3H3,(H,35,41)/b23-18+/t25?,26-,31-,47-/m1/s1. The molecule has 0 aliphatic carbocycles. The van der Waals surface area contributed by atoms with Gasteiger partial charge in [-0.3, -0.25) is 18.7 Å². The number of carbonyl (C=O) groups is 4. The topological polar surface area (TPSA) is 156 Å². The SMILES string of the molecule is CC(C)(C)OC(=O)N[C@@H]1C(=O)N2C(C(=O)OC(c3ccccc3)c3ccccc3)=C(/C=C3\CCN(C4CCS(=O)(=O)C4)C3=O)C[S@@](=O)[C@H]12. The number of hydrogen-bond donors (Lipinski definition) is 1.